The van der Waals surface area contributed by atoms with Gasteiger partial charge in [0.2, 0.25) is 5.91 Å². The zero-order chi connectivity index (χ0) is 20.4. The van der Waals surface area contributed by atoms with Crippen molar-refractivity contribution in [3.8, 4) is 5.69 Å². The highest BCUT2D eigenvalue weighted by Crippen LogP contribution is 2.35. The Kier molecular flexibility index (Phi) is 6.13. The maximum absolute atomic E-state index is 13.3. The van der Waals surface area contributed by atoms with Gasteiger partial charge in [0.25, 0.3) is 0 Å². The number of rotatable bonds is 6. The third-order valence-electron chi connectivity index (χ3n) is 6.17. The van der Waals surface area contributed by atoms with E-state index in [4.69, 9.17) is 0 Å². The fraction of sp³-hybridized carbons (Fsp3) is 0.545. The van der Waals surface area contributed by atoms with E-state index in [0.717, 1.165) is 42.9 Å². The molecule has 2 aromatic rings. The zero-order valence-electron chi connectivity index (χ0n) is 16.8. The third-order valence-corrected chi connectivity index (χ3v) is 7.37. The lowest BCUT2D eigenvalue weighted by Crippen LogP contribution is -2.28. The van der Waals surface area contributed by atoms with Crippen LogP contribution in [0, 0.1) is 17.7 Å². The van der Waals surface area contributed by atoms with E-state index < -0.39 is 10.8 Å². The second-order valence-corrected chi connectivity index (χ2v) is 9.70. The van der Waals surface area contributed by atoms with Crippen LogP contribution in [0.1, 0.15) is 63.1 Å². The number of anilines is 1. The van der Waals surface area contributed by atoms with E-state index in [0.29, 0.717) is 23.0 Å². The number of fused-ring (bicyclic) bond motifs is 1. The number of carbonyl (C=O) groups excluding carboxylic acids is 1. The lowest BCUT2D eigenvalue weighted by molar-refractivity contribution is -0.121. The highest BCUT2D eigenvalue weighted by atomic mass is 32.2. The second-order valence-electron chi connectivity index (χ2n) is 8.24. The zero-order valence-corrected chi connectivity index (χ0v) is 17.6. The fourth-order valence-corrected chi connectivity index (χ4v) is 5.71. The normalized spacial score (nSPS) is 23.7. The van der Waals surface area contributed by atoms with Crippen LogP contribution >= 0.6 is 0 Å². The molecule has 0 spiro atoms. The predicted octanol–water partition coefficient (Wildman–Crippen LogP) is 4.71. The quantitative estimate of drug-likeness (QED) is 0.740. The first kappa shape index (κ1) is 20.3. The van der Waals surface area contributed by atoms with Crippen molar-refractivity contribution in [1.82, 2.24) is 9.78 Å². The minimum absolute atomic E-state index is 0.00648. The maximum Gasteiger partial charge on any atom is 0.228 e. The number of amides is 1. The Morgan fingerprint density at radius 1 is 1.21 bits per heavy atom. The summed E-state index contributed by atoms with van der Waals surface area (Å²) in [5.41, 5.74) is 2.29. The van der Waals surface area contributed by atoms with Gasteiger partial charge in [0.1, 0.15) is 11.6 Å². The molecule has 1 aliphatic heterocycles. The first-order chi connectivity index (χ1) is 14.0. The molecule has 1 N–H and O–H groups in total. The molecule has 1 aromatic heterocycles. The molecule has 4 rings (SSSR count). The molecule has 1 aliphatic carbocycles. The molecule has 0 bridgehead atoms. The number of hydrogen-bond acceptors (Lipinski definition) is 3. The van der Waals surface area contributed by atoms with Crippen molar-refractivity contribution in [3.63, 3.8) is 0 Å². The van der Waals surface area contributed by atoms with Gasteiger partial charge in [0.05, 0.1) is 22.9 Å². The number of nitrogens with one attached hydrogen (secondary N) is 1. The van der Waals surface area contributed by atoms with E-state index in [1.165, 1.54) is 31.4 Å². The summed E-state index contributed by atoms with van der Waals surface area (Å²) in [7, 11) is -0.982. The first-order valence-corrected chi connectivity index (χ1v) is 12.1. The molecule has 1 fully saturated rings. The van der Waals surface area contributed by atoms with E-state index in [1.54, 1.807) is 16.8 Å². The van der Waals surface area contributed by atoms with Gasteiger partial charge in [-0.3, -0.25) is 9.00 Å². The molecule has 0 radical (unpaired) electrons. The minimum Gasteiger partial charge on any atom is -0.310 e. The van der Waals surface area contributed by atoms with E-state index in [9.17, 15) is 13.4 Å². The van der Waals surface area contributed by atoms with Crippen molar-refractivity contribution < 1.29 is 13.4 Å². The van der Waals surface area contributed by atoms with Crippen LogP contribution in [-0.4, -0.2) is 19.9 Å². The van der Waals surface area contributed by atoms with Crippen molar-refractivity contribution in [1.29, 1.82) is 0 Å². The second kappa shape index (κ2) is 8.78. The first-order valence-electron chi connectivity index (χ1n) is 10.6. The third kappa shape index (κ3) is 4.44. The summed E-state index contributed by atoms with van der Waals surface area (Å²) < 4.78 is 27.0. The molecule has 7 heteroatoms. The summed E-state index contributed by atoms with van der Waals surface area (Å²) >= 11 is 0. The molecule has 1 aromatic carbocycles. The van der Waals surface area contributed by atoms with E-state index in [1.807, 2.05) is 0 Å². The summed E-state index contributed by atoms with van der Waals surface area (Å²) in [6, 6.07) is 6.04. The topological polar surface area (TPSA) is 64.0 Å². The Hall–Kier alpha value is -2.02. The highest BCUT2D eigenvalue weighted by Gasteiger charge is 2.31. The number of hydrogen-bond donors (Lipinski definition) is 1. The number of carbonyl (C=O) groups is 1. The number of benzene rings is 1. The van der Waals surface area contributed by atoms with Crippen LogP contribution in [0.4, 0.5) is 10.2 Å². The summed E-state index contributed by atoms with van der Waals surface area (Å²) in [5.74, 6) is 1.84. The molecule has 1 saturated carbocycles. The van der Waals surface area contributed by atoms with Gasteiger partial charge in [-0.05, 0) is 55.9 Å². The Morgan fingerprint density at radius 2 is 1.93 bits per heavy atom. The van der Waals surface area contributed by atoms with E-state index in [2.05, 4.69) is 17.3 Å². The molecule has 5 nitrogen and oxygen atoms in total. The molecule has 29 heavy (non-hydrogen) atoms. The molecule has 156 valence electrons. The van der Waals surface area contributed by atoms with Crippen molar-refractivity contribution in [2.45, 2.75) is 63.4 Å². The summed E-state index contributed by atoms with van der Waals surface area (Å²) in [5, 5.41) is 7.66. The maximum atomic E-state index is 13.3. The Morgan fingerprint density at radius 3 is 2.62 bits per heavy atom. The molecular weight excluding hydrogens is 389 g/mol. The van der Waals surface area contributed by atoms with Crippen LogP contribution in [0.25, 0.3) is 5.69 Å². The Balaban J connectivity index is 1.51. The molecular formula is C22H28FN3O2S. The molecule has 1 amide bonds. The van der Waals surface area contributed by atoms with Crippen molar-refractivity contribution in [2.24, 2.45) is 11.8 Å². The monoisotopic (exact) mass is 417 g/mol. The molecule has 0 saturated heterocycles. The van der Waals surface area contributed by atoms with E-state index >= 15 is 0 Å². The van der Waals surface area contributed by atoms with Gasteiger partial charge in [-0.25, -0.2) is 9.07 Å². The van der Waals surface area contributed by atoms with Gasteiger partial charge < -0.3 is 5.32 Å². The van der Waals surface area contributed by atoms with Crippen LogP contribution in [0.15, 0.2) is 24.3 Å². The Labute approximate surface area is 173 Å². The standard InChI is InChI=1S/C22H28FN3O2S/c1-2-3-4-15-5-7-16(8-6-15)22(27)24-21-19-13-29(28)14-20(19)25-26(21)18-11-9-17(23)10-12-18/h9-12,15-16H,2-8,13-14H2,1H3,(H,24,27). The fourth-order valence-electron chi connectivity index (χ4n) is 4.45. The number of aromatic nitrogens is 2. The lowest BCUT2D eigenvalue weighted by Gasteiger charge is -2.27. The summed E-state index contributed by atoms with van der Waals surface area (Å²) in [6.45, 7) is 2.22. The smallest absolute Gasteiger partial charge is 0.228 e. The van der Waals surface area contributed by atoms with Crippen molar-refractivity contribution in [2.75, 3.05) is 5.32 Å². The average Bonchev–Trinajstić information content (AvgIpc) is 3.24. The van der Waals surface area contributed by atoms with Crippen LogP contribution in [-0.2, 0) is 27.1 Å². The number of nitrogens with zero attached hydrogens (tertiary/aromatic N) is 2. The van der Waals surface area contributed by atoms with Crippen LogP contribution in [0.2, 0.25) is 0 Å². The Bertz CT molecular complexity index is 902. The number of unbranched alkanes of at least 4 members (excludes halogenated alkanes) is 1. The SMILES string of the molecule is CCCCC1CCC(C(=O)Nc2c3c(nn2-c2ccc(F)cc2)CS(=O)C3)CC1. The van der Waals surface area contributed by atoms with Gasteiger partial charge in [-0.15, -0.1) is 0 Å². The van der Waals surface area contributed by atoms with Gasteiger partial charge in [-0.1, -0.05) is 26.2 Å². The van der Waals surface area contributed by atoms with Gasteiger partial charge in [0, 0.05) is 22.3 Å². The number of halogens is 1. The summed E-state index contributed by atoms with van der Waals surface area (Å²) in [4.78, 5) is 13.0. The minimum atomic E-state index is -0.982. The largest absolute Gasteiger partial charge is 0.310 e. The average molecular weight is 418 g/mol. The van der Waals surface area contributed by atoms with Crippen molar-refractivity contribution in [3.05, 3.63) is 41.3 Å². The van der Waals surface area contributed by atoms with Gasteiger partial charge in [-0.2, -0.15) is 5.10 Å². The predicted molar refractivity (Wildman–Crippen MR) is 113 cm³/mol. The summed E-state index contributed by atoms with van der Waals surface area (Å²) in [6.07, 6.45) is 7.80. The van der Waals surface area contributed by atoms with Crippen LogP contribution in [0.5, 0.6) is 0 Å². The van der Waals surface area contributed by atoms with Gasteiger partial charge in [0.15, 0.2) is 0 Å². The molecule has 2 aliphatic rings. The van der Waals surface area contributed by atoms with Crippen LogP contribution < -0.4 is 5.32 Å². The van der Waals surface area contributed by atoms with Crippen molar-refractivity contribution >= 4 is 22.5 Å². The highest BCUT2D eigenvalue weighted by molar-refractivity contribution is 7.83. The molecule has 1 unspecified atom stereocenters. The molecule has 1 atom stereocenters. The lowest BCUT2D eigenvalue weighted by atomic mass is 9.79. The van der Waals surface area contributed by atoms with Gasteiger partial charge >= 0.3 is 0 Å². The van der Waals surface area contributed by atoms with Crippen LogP contribution in [0.3, 0.4) is 0 Å². The van der Waals surface area contributed by atoms with E-state index in [-0.39, 0.29) is 17.6 Å². The molecule has 2 heterocycles.